The van der Waals surface area contributed by atoms with Gasteiger partial charge in [-0.1, -0.05) is 46.0 Å². The summed E-state index contributed by atoms with van der Waals surface area (Å²) in [5.74, 6) is -4.36. The van der Waals surface area contributed by atoms with Crippen molar-refractivity contribution in [3.05, 3.63) is 0 Å². The zero-order chi connectivity index (χ0) is 20.4. The summed E-state index contributed by atoms with van der Waals surface area (Å²) in [5, 5.41) is 29.5. The van der Waals surface area contributed by atoms with Crippen molar-refractivity contribution in [3.63, 3.8) is 0 Å². The lowest BCUT2D eigenvalue weighted by Gasteiger charge is -2.34. The maximum Gasteiger partial charge on any atom is 0.328 e. The van der Waals surface area contributed by atoms with Crippen LogP contribution in [-0.2, 0) is 9.09 Å². The summed E-state index contributed by atoms with van der Waals surface area (Å²) in [6.45, 7) is 4.76. The number of rotatable bonds is 15. The van der Waals surface area contributed by atoms with E-state index in [1.54, 1.807) is 0 Å². The highest BCUT2D eigenvalue weighted by Crippen LogP contribution is 2.48. The molecule has 26 heavy (non-hydrogen) atoms. The molecule has 0 saturated heterocycles. The molecule has 158 valence electrons. The van der Waals surface area contributed by atoms with E-state index < -0.39 is 25.6 Å². The van der Waals surface area contributed by atoms with Crippen molar-refractivity contribution < 1.29 is 33.8 Å². The van der Waals surface area contributed by atoms with Crippen LogP contribution in [0, 0.1) is 11.8 Å². The minimum absolute atomic E-state index is 0.0920. The van der Waals surface area contributed by atoms with Crippen LogP contribution in [0.25, 0.3) is 0 Å². The number of hydrogen-bond donors (Lipinski definition) is 4. The van der Waals surface area contributed by atoms with Crippen LogP contribution in [0.4, 0.5) is 0 Å². The molecule has 0 spiro atoms. The van der Waals surface area contributed by atoms with Crippen molar-refractivity contribution in [3.8, 4) is 0 Å². The zero-order valence-corrected chi connectivity index (χ0v) is 18.1. The molecule has 0 aliphatic heterocycles. The highest BCUT2D eigenvalue weighted by atomic mass is 31.2. The van der Waals surface area contributed by atoms with Gasteiger partial charge in [-0.15, -0.1) is 0 Å². The van der Waals surface area contributed by atoms with Crippen molar-refractivity contribution in [2.45, 2.75) is 64.8 Å². The zero-order valence-electron chi connectivity index (χ0n) is 17.2. The van der Waals surface area contributed by atoms with Crippen molar-refractivity contribution in [2.24, 2.45) is 11.8 Å². The minimum atomic E-state index is -4.05. The van der Waals surface area contributed by atoms with Gasteiger partial charge in [-0.25, -0.2) is 0 Å². The molecular weight excluding hydrogens is 357 g/mol. The van der Waals surface area contributed by atoms with Crippen molar-refractivity contribution >= 4 is 7.60 Å². The summed E-state index contributed by atoms with van der Waals surface area (Å²) in [6.07, 6.45) is 5.60. The second-order valence-corrected chi connectivity index (χ2v) is 10.3. The van der Waals surface area contributed by atoms with Crippen LogP contribution in [0.2, 0.25) is 0 Å². The van der Waals surface area contributed by atoms with Crippen LogP contribution >= 0.6 is 7.60 Å². The smallest absolute Gasteiger partial charge is 0.328 e. The van der Waals surface area contributed by atoms with Gasteiger partial charge >= 0.3 is 7.60 Å². The maximum absolute atomic E-state index is 12.5. The Kier molecular flexibility index (Phi) is 11.7. The normalized spacial score (nSPS) is 17.7. The lowest BCUT2D eigenvalue weighted by molar-refractivity contribution is -0.870. The van der Waals surface area contributed by atoms with Crippen LogP contribution in [0.5, 0.6) is 0 Å². The maximum atomic E-state index is 12.5. The van der Waals surface area contributed by atoms with Crippen LogP contribution in [-0.4, -0.2) is 71.1 Å². The first-order valence-electron chi connectivity index (χ1n) is 9.76. The van der Waals surface area contributed by atoms with Gasteiger partial charge in [-0.05, 0) is 18.8 Å². The summed E-state index contributed by atoms with van der Waals surface area (Å²) in [5.41, 5.74) is 0. The number of unbranched alkanes of at least 4 members (excludes halogenated alkanes) is 3. The Bertz CT molecular complexity index is 419. The minimum Gasteiger partial charge on any atom is -0.343 e. The van der Waals surface area contributed by atoms with E-state index in [0.717, 1.165) is 32.1 Å². The Morgan fingerprint density at radius 1 is 1.00 bits per heavy atom. The second-order valence-electron chi connectivity index (χ2n) is 8.36. The third-order valence-corrected chi connectivity index (χ3v) is 6.10. The van der Waals surface area contributed by atoms with Crippen LogP contribution in [0.15, 0.2) is 0 Å². The average molecular weight is 399 g/mol. The monoisotopic (exact) mass is 398 g/mol. The van der Waals surface area contributed by atoms with E-state index in [4.69, 9.17) is 4.52 Å². The highest BCUT2D eigenvalue weighted by molar-refractivity contribution is 7.52. The average Bonchev–Trinajstić information content (AvgIpc) is 2.46. The molecule has 0 radical (unpaired) electrons. The molecule has 0 bridgehead atoms. The first-order valence-corrected chi connectivity index (χ1v) is 11.5. The highest BCUT2D eigenvalue weighted by Gasteiger charge is 2.43. The summed E-state index contributed by atoms with van der Waals surface area (Å²) in [6, 6.07) is 0. The fraction of sp³-hybridized carbons (Fsp3) is 1.00. The summed E-state index contributed by atoms with van der Waals surface area (Å²) in [4.78, 5) is 10.2. The first-order chi connectivity index (χ1) is 11.8. The van der Waals surface area contributed by atoms with Gasteiger partial charge in [0.15, 0.2) is 0 Å². The van der Waals surface area contributed by atoms with Crippen LogP contribution < -0.4 is 0 Å². The van der Waals surface area contributed by atoms with E-state index in [9.17, 15) is 24.8 Å². The Morgan fingerprint density at radius 3 is 2.00 bits per heavy atom. The number of quaternary nitrogens is 1. The van der Waals surface area contributed by atoms with E-state index in [1.807, 2.05) is 28.1 Å². The van der Waals surface area contributed by atoms with E-state index in [0.29, 0.717) is 23.9 Å². The van der Waals surface area contributed by atoms with E-state index in [2.05, 4.69) is 6.92 Å². The topological polar surface area (TPSA) is 107 Å². The molecular formula is C18H41NO6P+. The lowest BCUT2D eigenvalue weighted by Crippen LogP contribution is -2.44. The Labute approximate surface area is 159 Å². The number of hydrogen-bond acceptors (Lipinski definition) is 5. The van der Waals surface area contributed by atoms with Gasteiger partial charge in [-0.3, -0.25) is 4.57 Å². The standard InChI is InChI=1S/C18H40NO6P/c1-6-8-10-12-16(11-9-7-2)17(18(20,21)22)15-26(23,24)25-14-13-19(3,4)5/h16-17,20-22H,6-15H2,1-5H3/p+1/t16?,17-/m0/s1. The Morgan fingerprint density at radius 2 is 1.54 bits per heavy atom. The quantitative estimate of drug-likeness (QED) is 0.146. The number of nitrogens with zero attached hydrogens (tertiary/aromatic N) is 1. The van der Waals surface area contributed by atoms with Gasteiger partial charge in [0.25, 0.3) is 5.97 Å². The molecule has 0 aliphatic carbocycles. The molecule has 0 aromatic heterocycles. The fourth-order valence-electron chi connectivity index (χ4n) is 3.02. The molecule has 7 nitrogen and oxygen atoms in total. The van der Waals surface area contributed by atoms with Crippen LogP contribution in [0.3, 0.4) is 0 Å². The fourth-order valence-corrected chi connectivity index (χ4v) is 4.53. The molecule has 0 aromatic rings. The van der Waals surface area contributed by atoms with E-state index in [-0.39, 0.29) is 12.5 Å². The third-order valence-electron chi connectivity index (χ3n) is 4.66. The summed E-state index contributed by atoms with van der Waals surface area (Å²) >= 11 is 0. The van der Waals surface area contributed by atoms with E-state index in [1.165, 1.54) is 0 Å². The second kappa shape index (κ2) is 11.7. The summed E-state index contributed by atoms with van der Waals surface area (Å²) < 4.78 is 18.2. The molecule has 0 aromatic carbocycles. The molecule has 0 heterocycles. The lowest BCUT2D eigenvalue weighted by atomic mass is 9.83. The first kappa shape index (κ1) is 26.0. The predicted octanol–water partition coefficient (Wildman–Crippen LogP) is 2.53. The van der Waals surface area contributed by atoms with Gasteiger partial charge in [0.05, 0.1) is 33.2 Å². The van der Waals surface area contributed by atoms with Crippen molar-refractivity contribution in [1.29, 1.82) is 0 Å². The molecule has 0 amide bonds. The largest absolute Gasteiger partial charge is 0.343 e. The van der Waals surface area contributed by atoms with Gasteiger partial charge in [0, 0.05) is 0 Å². The van der Waals surface area contributed by atoms with Gasteiger partial charge in [0.2, 0.25) is 0 Å². The molecule has 0 rings (SSSR count). The van der Waals surface area contributed by atoms with Gasteiger partial charge in [-0.2, -0.15) is 0 Å². The third kappa shape index (κ3) is 12.4. The molecule has 8 heteroatoms. The van der Waals surface area contributed by atoms with Gasteiger partial charge in [0.1, 0.15) is 13.2 Å². The number of aliphatic hydroxyl groups is 3. The number of likely N-dealkylation sites (N-methyl/N-ethyl adjacent to an activating group) is 1. The summed E-state index contributed by atoms with van der Waals surface area (Å²) in [7, 11) is 1.80. The molecule has 4 N–H and O–H groups in total. The molecule has 0 saturated carbocycles. The van der Waals surface area contributed by atoms with Gasteiger partial charge < -0.3 is 29.2 Å². The molecule has 2 unspecified atom stereocenters. The van der Waals surface area contributed by atoms with Crippen LogP contribution in [0.1, 0.15) is 58.8 Å². The predicted molar refractivity (Wildman–Crippen MR) is 104 cm³/mol. The van der Waals surface area contributed by atoms with E-state index >= 15 is 0 Å². The molecule has 3 atom stereocenters. The van der Waals surface area contributed by atoms with Crippen molar-refractivity contribution in [2.75, 3.05) is 40.5 Å². The van der Waals surface area contributed by atoms with Crippen molar-refractivity contribution in [1.82, 2.24) is 0 Å². The Balaban J connectivity index is 5.08. The molecule has 0 aliphatic rings. The Hall–Kier alpha value is -0.0100. The molecule has 0 fully saturated rings. The SMILES string of the molecule is CCCCCC(CCCC)[C@H](CP(=O)(O)OCC[N+](C)(C)C)C(O)(O)O.